The van der Waals surface area contributed by atoms with E-state index in [0.29, 0.717) is 17.5 Å². The van der Waals surface area contributed by atoms with Gasteiger partial charge in [0.15, 0.2) is 0 Å². The minimum absolute atomic E-state index is 0.166. The second kappa shape index (κ2) is 2.45. The molecule has 1 aliphatic rings. The lowest BCUT2D eigenvalue weighted by Gasteiger charge is -2.06. The number of benzene rings is 1. The molecule has 64 valence electrons. The maximum atomic E-state index is 13.1. The Morgan fingerprint density at radius 3 is 2.92 bits per heavy atom. The van der Waals surface area contributed by atoms with Crippen LogP contribution in [-0.4, -0.2) is 5.11 Å². The summed E-state index contributed by atoms with van der Waals surface area (Å²) in [6, 6.07) is 2.40. The van der Waals surface area contributed by atoms with Crippen molar-refractivity contribution in [2.45, 2.75) is 18.9 Å². The highest BCUT2D eigenvalue weighted by molar-refractivity contribution is 5.44. The van der Waals surface area contributed by atoms with Gasteiger partial charge in [-0.05, 0) is 25.0 Å². The lowest BCUT2D eigenvalue weighted by atomic mass is 10.1. The summed E-state index contributed by atoms with van der Waals surface area (Å²) in [5.41, 5.74) is 6.84. The summed E-state index contributed by atoms with van der Waals surface area (Å²) in [6.45, 7) is 0. The second-order valence-electron chi connectivity index (χ2n) is 3.10. The van der Waals surface area contributed by atoms with Gasteiger partial charge in [-0.3, -0.25) is 0 Å². The zero-order valence-electron chi connectivity index (χ0n) is 6.55. The van der Waals surface area contributed by atoms with Crippen LogP contribution in [-0.2, 0) is 6.42 Å². The van der Waals surface area contributed by atoms with Crippen molar-refractivity contribution in [2.75, 3.05) is 0 Å². The molecular weight excluding hydrogens is 157 g/mol. The van der Waals surface area contributed by atoms with E-state index in [0.717, 1.165) is 6.42 Å². The molecule has 3 heteroatoms. The van der Waals surface area contributed by atoms with Crippen molar-refractivity contribution < 1.29 is 9.50 Å². The van der Waals surface area contributed by atoms with Crippen molar-refractivity contribution in [1.29, 1.82) is 0 Å². The first-order valence-corrected chi connectivity index (χ1v) is 3.96. The topological polar surface area (TPSA) is 46.2 Å². The van der Waals surface area contributed by atoms with Crippen LogP contribution in [0, 0.1) is 5.82 Å². The molecule has 1 aromatic rings. The van der Waals surface area contributed by atoms with Gasteiger partial charge in [0.05, 0.1) is 0 Å². The van der Waals surface area contributed by atoms with Gasteiger partial charge in [-0.15, -0.1) is 0 Å². The van der Waals surface area contributed by atoms with Crippen LogP contribution in [0.1, 0.15) is 23.6 Å². The predicted octanol–water partition coefficient (Wildman–Crippen LogP) is 1.48. The Labute approximate surface area is 69.8 Å². The zero-order valence-corrected chi connectivity index (χ0v) is 6.55. The monoisotopic (exact) mass is 167 g/mol. The van der Waals surface area contributed by atoms with Gasteiger partial charge in [0.1, 0.15) is 11.6 Å². The van der Waals surface area contributed by atoms with Crippen LogP contribution in [0.2, 0.25) is 0 Å². The first-order chi connectivity index (χ1) is 5.70. The lowest BCUT2D eigenvalue weighted by molar-refractivity contribution is 0.466. The number of halogens is 1. The second-order valence-corrected chi connectivity index (χ2v) is 3.10. The molecule has 0 saturated heterocycles. The lowest BCUT2D eigenvalue weighted by Crippen LogP contribution is -2.07. The van der Waals surface area contributed by atoms with Crippen molar-refractivity contribution >= 4 is 0 Å². The van der Waals surface area contributed by atoms with Gasteiger partial charge in [0, 0.05) is 17.2 Å². The van der Waals surface area contributed by atoms with Gasteiger partial charge in [-0.2, -0.15) is 0 Å². The van der Waals surface area contributed by atoms with Crippen LogP contribution in [0.4, 0.5) is 4.39 Å². The fraction of sp³-hybridized carbons (Fsp3) is 0.333. The first-order valence-electron chi connectivity index (χ1n) is 3.96. The molecule has 2 nitrogen and oxygen atoms in total. The number of phenolic OH excluding ortho intramolecular Hbond substituents is 1. The summed E-state index contributed by atoms with van der Waals surface area (Å²) in [6.07, 6.45) is 1.41. The van der Waals surface area contributed by atoms with Crippen LogP contribution >= 0.6 is 0 Å². The molecule has 0 saturated carbocycles. The number of hydrogen-bond donors (Lipinski definition) is 2. The van der Waals surface area contributed by atoms with Crippen molar-refractivity contribution in [3.8, 4) is 5.75 Å². The fourth-order valence-corrected chi connectivity index (χ4v) is 1.73. The standard InChI is InChI=1S/C9H10FNO/c10-6-2-4-8(12)5-1-3-7(11)9(5)6/h2,4,7,12H,1,3,11H2/t7-/m0/s1. The molecule has 1 atom stereocenters. The molecule has 0 spiro atoms. The fourth-order valence-electron chi connectivity index (χ4n) is 1.73. The minimum Gasteiger partial charge on any atom is -0.508 e. The maximum absolute atomic E-state index is 13.1. The van der Waals surface area contributed by atoms with E-state index in [1.54, 1.807) is 0 Å². The molecule has 2 rings (SSSR count). The maximum Gasteiger partial charge on any atom is 0.128 e. The quantitative estimate of drug-likeness (QED) is 0.614. The number of hydrogen-bond acceptors (Lipinski definition) is 2. The van der Waals surface area contributed by atoms with Gasteiger partial charge in [0.25, 0.3) is 0 Å². The average molecular weight is 167 g/mol. The van der Waals surface area contributed by atoms with Crippen LogP contribution in [0.3, 0.4) is 0 Å². The van der Waals surface area contributed by atoms with Gasteiger partial charge in [-0.1, -0.05) is 0 Å². The number of aromatic hydroxyl groups is 1. The summed E-state index contributed by atoms with van der Waals surface area (Å²) in [7, 11) is 0. The molecule has 0 heterocycles. The smallest absolute Gasteiger partial charge is 0.128 e. The van der Waals surface area contributed by atoms with E-state index in [4.69, 9.17) is 5.73 Å². The molecule has 0 bridgehead atoms. The van der Waals surface area contributed by atoms with Gasteiger partial charge in [0.2, 0.25) is 0 Å². The molecule has 12 heavy (non-hydrogen) atoms. The third kappa shape index (κ3) is 0.898. The van der Waals surface area contributed by atoms with Crippen LogP contribution in [0.15, 0.2) is 12.1 Å². The van der Waals surface area contributed by atoms with Gasteiger partial charge in [-0.25, -0.2) is 4.39 Å². The molecule has 1 aliphatic carbocycles. The molecular formula is C9H10FNO. The summed E-state index contributed by atoms with van der Waals surface area (Å²) >= 11 is 0. The van der Waals surface area contributed by atoms with E-state index in [2.05, 4.69) is 0 Å². The average Bonchev–Trinajstić information content (AvgIpc) is 2.42. The van der Waals surface area contributed by atoms with Crippen LogP contribution in [0.5, 0.6) is 5.75 Å². The van der Waals surface area contributed by atoms with E-state index >= 15 is 0 Å². The summed E-state index contributed by atoms with van der Waals surface area (Å²) < 4.78 is 13.1. The van der Waals surface area contributed by atoms with Crippen LogP contribution < -0.4 is 5.73 Å². The third-order valence-corrected chi connectivity index (χ3v) is 2.36. The van der Waals surface area contributed by atoms with Gasteiger partial charge >= 0.3 is 0 Å². The molecule has 0 radical (unpaired) electrons. The van der Waals surface area contributed by atoms with Crippen molar-refractivity contribution in [1.82, 2.24) is 0 Å². The van der Waals surface area contributed by atoms with E-state index < -0.39 is 0 Å². The van der Waals surface area contributed by atoms with Gasteiger partial charge < -0.3 is 10.8 Å². The molecule has 0 unspecified atom stereocenters. The Kier molecular flexibility index (Phi) is 1.54. The highest BCUT2D eigenvalue weighted by Gasteiger charge is 2.25. The Balaban J connectivity index is 2.64. The van der Waals surface area contributed by atoms with Crippen molar-refractivity contribution in [3.63, 3.8) is 0 Å². The number of nitrogens with two attached hydrogens (primary N) is 1. The predicted molar refractivity (Wildman–Crippen MR) is 43.3 cm³/mol. The summed E-state index contributed by atoms with van der Waals surface area (Å²) in [4.78, 5) is 0. The van der Waals surface area contributed by atoms with E-state index in [-0.39, 0.29) is 17.6 Å². The largest absolute Gasteiger partial charge is 0.508 e. The zero-order chi connectivity index (χ0) is 8.72. The van der Waals surface area contributed by atoms with E-state index in [1.807, 2.05) is 0 Å². The number of phenols is 1. The number of fused-ring (bicyclic) bond motifs is 1. The SMILES string of the molecule is N[C@H]1CCc2c(O)ccc(F)c21. The molecule has 0 fully saturated rings. The molecule has 0 amide bonds. The highest BCUT2D eigenvalue weighted by Crippen LogP contribution is 2.36. The molecule has 0 aliphatic heterocycles. The number of rotatable bonds is 0. The minimum atomic E-state index is -0.298. The summed E-state index contributed by atoms with van der Waals surface area (Å²) in [5, 5.41) is 9.35. The normalized spacial score (nSPS) is 21.0. The Bertz CT molecular complexity index is 325. The summed E-state index contributed by atoms with van der Waals surface area (Å²) in [5.74, 6) is -0.132. The molecule has 0 aromatic heterocycles. The van der Waals surface area contributed by atoms with Crippen LogP contribution in [0.25, 0.3) is 0 Å². The Morgan fingerprint density at radius 2 is 2.25 bits per heavy atom. The third-order valence-electron chi connectivity index (χ3n) is 2.36. The highest BCUT2D eigenvalue weighted by atomic mass is 19.1. The van der Waals surface area contributed by atoms with Crippen molar-refractivity contribution in [2.24, 2.45) is 5.73 Å². The molecule has 3 N–H and O–H groups in total. The Hall–Kier alpha value is -1.09. The first kappa shape index (κ1) is 7.55. The van der Waals surface area contributed by atoms with Crippen molar-refractivity contribution in [3.05, 3.63) is 29.1 Å². The van der Waals surface area contributed by atoms with E-state index in [1.165, 1.54) is 12.1 Å². The Morgan fingerprint density at radius 1 is 1.50 bits per heavy atom. The van der Waals surface area contributed by atoms with E-state index in [9.17, 15) is 9.50 Å². The molecule has 1 aromatic carbocycles.